The Morgan fingerprint density at radius 3 is 1.80 bits per heavy atom. The first kappa shape index (κ1) is 9.22. The second-order valence-corrected chi connectivity index (χ2v) is 1.91. The number of rotatable bonds is 2. The molecule has 0 aliphatic rings. The maximum Gasteiger partial charge on any atom is 0.363 e. The smallest absolute Gasteiger partial charge is 0.363 e. The van der Waals surface area contributed by atoms with Crippen molar-refractivity contribution in [2.24, 2.45) is 5.73 Å². The zero-order chi connectivity index (χ0) is 8.58. The third kappa shape index (κ3) is 1.38. The highest BCUT2D eigenvalue weighted by atomic mass is 19.3. The molecule has 0 aromatic carbocycles. The van der Waals surface area contributed by atoms with Crippen molar-refractivity contribution in [3.63, 3.8) is 0 Å². The zero-order valence-corrected chi connectivity index (χ0v) is 5.07. The Hall–Kier alpha value is -0.780. The van der Waals surface area contributed by atoms with E-state index in [2.05, 4.69) is 5.73 Å². The molecule has 0 spiro atoms. The van der Waals surface area contributed by atoms with Gasteiger partial charge >= 0.3 is 17.7 Å². The van der Waals surface area contributed by atoms with E-state index in [1.807, 2.05) is 0 Å². The molecule has 0 fully saturated rings. The molecular weight excluding hydrogens is 151 g/mol. The molecule has 1 atom stereocenters. The van der Waals surface area contributed by atoms with Gasteiger partial charge in [-0.05, 0) is 0 Å². The molecule has 1 unspecified atom stereocenters. The zero-order valence-electron chi connectivity index (χ0n) is 5.07. The van der Waals surface area contributed by atoms with Gasteiger partial charge in [0.05, 0.1) is 0 Å². The summed E-state index contributed by atoms with van der Waals surface area (Å²) >= 11 is 0. The lowest BCUT2D eigenvalue weighted by Gasteiger charge is -2.21. The van der Waals surface area contributed by atoms with E-state index < -0.39 is 17.7 Å². The van der Waals surface area contributed by atoms with Crippen molar-refractivity contribution < 1.29 is 23.1 Å². The van der Waals surface area contributed by atoms with Gasteiger partial charge in [-0.2, -0.15) is 0 Å². The Bertz CT molecular complexity index is 151. The van der Waals surface area contributed by atoms with Crippen LogP contribution < -0.4 is 5.73 Å². The van der Waals surface area contributed by atoms with Crippen LogP contribution in [0.1, 0.15) is 6.92 Å². The second-order valence-electron chi connectivity index (χ2n) is 1.91. The van der Waals surface area contributed by atoms with Gasteiger partial charge in [-0.15, -0.1) is 0 Å². The molecule has 10 heavy (non-hydrogen) atoms. The van der Waals surface area contributed by atoms with Crippen LogP contribution in [0.15, 0.2) is 0 Å². The highest BCUT2D eigenvalue weighted by Gasteiger charge is 2.54. The third-order valence-electron chi connectivity index (χ3n) is 0.950. The fourth-order valence-electron chi connectivity index (χ4n) is 0.188. The van der Waals surface area contributed by atoms with Gasteiger partial charge in [-0.25, -0.2) is 18.0 Å². The van der Waals surface area contributed by atoms with Crippen molar-refractivity contribution in [3.8, 4) is 0 Å². The summed E-state index contributed by atoms with van der Waals surface area (Å²) in [6.07, 6.45) is 0. The van der Waals surface area contributed by atoms with Gasteiger partial charge in [0.15, 0.2) is 0 Å². The van der Waals surface area contributed by atoms with Crippen LogP contribution in [0.25, 0.3) is 0 Å². The molecule has 0 saturated heterocycles. The van der Waals surface area contributed by atoms with Gasteiger partial charge < -0.3 is 5.11 Å². The Labute approximate surface area is 54.6 Å². The number of aliphatic carboxylic acids is 1. The molecule has 0 radical (unpaired) electrons. The van der Waals surface area contributed by atoms with E-state index in [0.717, 1.165) is 0 Å². The summed E-state index contributed by atoms with van der Waals surface area (Å²) in [5.41, 5.74) is 4.12. The van der Waals surface area contributed by atoms with Crippen LogP contribution >= 0.6 is 0 Å². The van der Waals surface area contributed by atoms with Gasteiger partial charge in [0.2, 0.25) is 0 Å². The third-order valence-corrected chi connectivity index (χ3v) is 0.950. The standard InChI is InChI=1S/C4H6F3NO2/c1-3(5,6)4(7,8)2(9)10/h8H2,1H3,(H,9,10). The van der Waals surface area contributed by atoms with E-state index in [9.17, 15) is 18.0 Å². The molecule has 0 saturated carbocycles. The summed E-state index contributed by atoms with van der Waals surface area (Å²) in [6, 6.07) is 0. The number of hydrogen-bond donors (Lipinski definition) is 2. The molecule has 3 N–H and O–H groups in total. The van der Waals surface area contributed by atoms with E-state index in [4.69, 9.17) is 5.11 Å². The molecule has 0 rings (SSSR count). The lowest BCUT2D eigenvalue weighted by molar-refractivity contribution is -0.179. The fraction of sp³-hybridized carbons (Fsp3) is 0.750. The Kier molecular flexibility index (Phi) is 1.95. The maximum absolute atomic E-state index is 12.1. The number of alkyl halides is 3. The second kappa shape index (κ2) is 2.12. The minimum Gasteiger partial charge on any atom is -0.478 e. The number of nitrogens with two attached hydrogens (primary N) is 1. The minimum absolute atomic E-state index is 0.0983. The average Bonchev–Trinajstić information content (AvgIpc) is 1.62. The monoisotopic (exact) mass is 157 g/mol. The molecule has 0 aromatic rings. The SMILES string of the molecule is CC(F)(F)C(N)(F)C(=O)O. The predicted octanol–water partition coefficient (Wildman–Crippen LogP) is 0.351. The highest BCUT2D eigenvalue weighted by molar-refractivity contribution is 5.77. The summed E-state index contributed by atoms with van der Waals surface area (Å²) in [5, 5.41) is 7.80. The number of carboxylic acid groups (broad SMARTS) is 1. The van der Waals surface area contributed by atoms with Gasteiger partial charge in [-0.1, -0.05) is 0 Å². The van der Waals surface area contributed by atoms with E-state index in [-0.39, 0.29) is 6.92 Å². The molecular formula is C4H6F3NO2. The number of carboxylic acids is 1. The van der Waals surface area contributed by atoms with E-state index >= 15 is 0 Å². The van der Waals surface area contributed by atoms with Gasteiger partial charge in [0, 0.05) is 6.92 Å². The molecule has 0 aromatic heterocycles. The molecule has 0 aliphatic carbocycles. The van der Waals surface area contributed by atoms with Gasteiger partial charge in [0.25, 0.3) is 0 Å². The molecule has 0 heterocycles. The van der Waals surface area contributed by atoms with Crippen LogP contribution in [0.5, 0.6) is 0 Å². The number of halogens is 3. The predicted molar refractivity (Wildman–Crippen MR) is 26.3 cm³/mol. The van der Waals surface area contributed by atoms with Crippen LogP contribution in [0, 0.1) is 0 Å². The summed E-state index contributed by atoms with van der Waals surface area (Å²) in [5.74, 6) is -10.4. The molecule has 0 aliphatic heterocycles. The van der Waals surface area contributed by atoms with Crippen LogP contribution in [0.2, 0.25) is 0 Å². The van der Waals surface area contributed by atoms with E-state index in [1.165, 1.54) is 0 Å². The topological polar surface area (TPSA) is 63.3 Å². The first-order valence-corrected chi connectivity index (χ1v) is 2.28. The fourth-order valence-corrected chi connectivity index (χ4v) is 0.188. The Balaban J connectivity index is 4.57. The summed E-state index contributed by atoms with van der Waals surface area (Å²) in [7, 11) is 0. The Morgan fingerprint density at radius 2 is 1.80 bits per heavy atom. The largest absolute Gasteiger partial charge is 0.478 e. The van der Waals surface area contributed by atoms with Crippen LogP contribution in [0.4, 0.5) is 13.2 Å². The normalized spacial score (nSPS) is 18.1. The first-order valence-electron chi connectivity index (χ1n) is 2.28. The quantitative estimate of drug-likeness (QED) is 0.568. The van der Waals surface area contributed by atoms with Crippen molar-refractivity contribution >= 4 is 5.97 Å². The highest BCUT2D eigenvalue weighted by Crippen LogP contribution is 2.27. The van der Waals surface area contributed by atoms with Crippen LogP contribution in [0.3, 0.4) is 0 Å². The van der Waals surface area contributed by atoms with E-state index in [0.29, 0.717) is 0 Å². The van der Waals surface area contributed by atoms with Crippen LogP contribution in [-0.2, 0) is 4.79 Å². The summed E-state index contributed by atoms with van der Waals surface area (Å²) < 4.78 is 35.9. The van der Waals surface area contributed by atoms with Crippen LogP contribution in [-0.4, -0.2) is 22.8 Å². The molecule has 60 valence electrons. The van der Waals surface area contributed by atoms with Crippen molar-refractivity contribution in [2.75, 3.05) is 0 Å². The average molecular weight is 157 g/mol. The molecule has 3 nitrogen and oxygen atoms in total. The lowest BCUT2D eigenvalue weighted by atomic mass is 10.1. The summed E-state index contributed by atoms with van der Waals surface area (Å²) in [6.45, 7) is 0.0983. The van der Waals surface area contributed by atoms with Gasteiger partial charge in [0.1, 0.15) is 0 Å². The minimum atomic E-state index is -4.07. The van der Waals surface area contributed by atoms with Crippen molar-refractivity contribution in [3.05, 3.63) is 0 Å². The molecule has 6 heteroatoms. The lowest BCUT2D eigenvalue weighted by Crippen LogP contribution is -2.56. The summed E-state index contributed by atoms with van der Waals surface area (Å²) in [4.78, 5) is 9.69. The Morgan fingerprint density at radius 1 is 1.50 bits per heavy atom. The number of hydrogen-bond acceptors (Lipinski definition) is 2. The maximum atomic E-state index is 12.1. The molecule has 0 bridgehead atoms. The number of carbonyl (C=O) groups is 1. The van der Waals surface area contributed by atoms with Crippen molar-refractivity contribution in [2.45, 2.75) is 18.6 Å². The van der Waals surface area contributed by atoms with E-state index in [1.54, 1.807) is 0 Å². The molecule has 0 amide bonds. The van der Waals surface area contributed by atoms with Crippen molar-refractivity contribution in [1.29, 1.82) is 0 Å². The first-order chi connectivity index (χ1) is 4.19. The van der Waals surface area contributed by atoms with Gasteiger partial charge in [-0.3, -0.25) is 5.73 Å². The van der Waals surface area contributed by atoms with Crippen molar-refractivity contribution in [1.82, 2.24) is 0 Å².